The van der Waals surface area contributed by atoms with Gasteiger partial charge in [-0.05, 0) is 31.0 Å². The number of methoxy groups -OCH3 is 1. The zero-order valence-corrected chi connectivity index (χ0v) is 16.5. The topological polar surface area (TPSA) is 40.1 Å². The van der Waals surface area contributed by atoms with Gasteiger partial charge in [-0.25, -0.2) is 0 Å². The van der Waals surface area contributed by atoms with Gasteiger partial charge in [0.15, 0.2) is 5.96 Å². The average molecular weight is 377 g/mol. The van der Waals surface area contributed by atoms with E-state index in [9.17, 15) is 0 Å². The van der Waals surface area contributed by atoms with Crippen LogP contribution in [0.25, 0.3) is 0 Å². The van der Waals surface area contributed by atoms with Gasteiger partial charge in [-0.15, -0.1) is 0 Å². The van der Waals surface area contributed by atoms with Crippen molar-refractivity contribution in [1.29, 1.82) is 0 Å². The Balaban J connectivity index is 1.64. The molecule has 0 aliphatic carbocycles. The van der Waals surface area contributed by atoms with Crippen LogP contribution < -0.4 is 5.32 Å². The van der Waals surface area contributed by atoms with E-state index in [2.05, 4.69) is 34.2 Å². The zero-order chi connectivity index (χ0) is 18.4. The van der Waals surface area contributed by atoms with E-state index in [0.29, 0.717) is 12.6 Å². The Morgan fingerprint density at radius 2 is 2.19 bits per heavy atom. The van der Waals surface area contributed by atoms with Crippen LogP contribution in [0.5, 0.6) is 0 Å². The normalized spacial score (nSPS) is 22.2. The molecule has 2 unspecified atom stereocenters. The summed E-state index contributed by atoms with van der Waals surface area (Å²) in [4.78, 5) is 9.77. The quantitative estimate of drug-likeness (QED) is 0.471. The summed E-state index contributed by atoms with van der Waals surface area (Å²) in [6, 6.07) is 8.43. The fraction of sp³-hybridized carbons (Fsp3) is 0.550. The fourth-order valence-electron chi connectivity index (χ4n) is 3.64. The lowest BCUT2D eigenvalue weighted by Crippen LogP contribution is -2.43. The van der Waals surface area contributed by atoms with Gasteiger partial charge in [-0.1, -0.05) is 35.9 Å². The van der Waals surface area contributed by atoms with Crippen molar-refractivity contribution < 1.29 is 4.74 Å². The highest BCUT2D eigenvalue weighted by molar-refractivity contribution is 6.30. The molecule has 2 heterocycles. The standard InChI is InChI=1S/C20H29ClN4O/c1-3-22-20(25-12-9-18(15-25)24-10-4-5-11-24)23-14-19(26-2)16-7-6-8-17(21)13-16/h4-8,13,18-19H,3,9-12,14-15H2,1-2H3,(H,22,23). The molecule has 1 aromatic rings. The number of likely N-dealkylation sites (tertiary alicyclic amines) is 1. The molecule has 0 bridgehead atoms. The summed E-state index contributed by atoms with van der Waals surface area (Å²) in [6.45, 7) is 7.77. The first kappa shape index (κ1) is 19.2. The van der Waals surface area contributed by atoms with Crippen LogP contribution >= 0.6 is 11.6 Å². The van der Waals surface area contributed by atoms with Crippen LogP contribution in [0.1, 0.15) is 25.0 Å². The van der Waals surface area contributed by atoms with Gasteiger partial charge in [0.2, 0.25) is 0 Å². The third-order valence-corrected chi connectivity index (χ3v) is 5.31. The van der Waals surface area contributed by atoms with Crippen molar-refractivity contribution in [3.05, 3.63) is 47.0 Å². The summed E-state index contributed by atoms with van der Waals surface area (Å²) in [5.74, 6) is 0.978. The number of aliphatic imine (C=N–C) groups is 1. The second kappa shape index (κ2) is 9.40. The predicted octanol–water partition coefficient (Wildman–Crippen LogP) is 2.94. The molecule has 3 rings (SSSR count). The molecule has 5 nitrogen and oxygen atoms in total. The molecular formula is C20H29ClN4O. The Morgan fingerprint density at radius 1 is 1.38 bits per heavy atom. The van der Waals surface area contributed by atoms with Crippen molar-refractivity contribution in [1.82, 2.24) is 15.1 Å². The van der Waals surface area contributed by atoms with Gasteiger partial charge in [0.1, 0.15) is 6.10 Å². The van der Waals surface area contributed by atoms with Gasteiger partial charge >= 0.3 is 0 Å². The highest BCUT2D eigenvalue weighted by Gasteiger charge is 2.29. The molecule has 2 atom stereocenters. The Labute approximate surface area is 161 Å². The Kier molecular flexibility index (Phi) is 6.94. The van der Waals surface area contributed by atoms with E-state index < -0.39 is 0 Å². The lowest BCUT2D eigenvalue weighted by Gasteiger charge is -2.26. The van der Waals surface area contributed by atoms with Gasteiger partial charge in [-0.3, -0.25) is 9.89 Å². The van der Waals surface area contributed by atoms with Crippen LogP contribution in [0.2, 0.25) is 5.02 Å². The second-order valence-corrected chi connectivity index (χ2v) is 7.22. The van der Waals surface area contributed by atoms with E-state index in [1.54, 1.807) is 7.11 Å². The molecule has 142 valence electrons. The van der Waals surface area contributed by atoms with Crippen molar-refractivity contribution in [3.63, 3.8) is 0 Å². The number of hydrogen-bond acceptors (Lipinski definition) is 3. The molecule has 1 N–H and O–H groups in total. The van der Waals surface area contributed by atoms with E-state index in [0.717, 1.165) is 49.3 Å². The largest absolute Gasteiger partial charge is 0.375 e. The molecule has 0 radical (unpaired) electrons. The fourth-order valence-corrected chi connectivity index (χ4v) is 3.84. The highest BCUT2D eigenvalue weighted by Crippen LogP contribution is 2.22. The summed E-state index contributed by atoms with van der Waals surface area (Å²) < 4.78 is 5.66. The lowest BCUT2D eigenvalue weighted by atomic mass is 10.1. The number of rotatable bonds is 6. The second-order valence-electron chi connectivity index (χ2n) is 6.79. The number of nitrogens with zero attached hydrogens (tertiary/aromatic N) is 3. The molecule has 0 saturated carbocycles. The molecule has 0 aromatic heterocycles. The molecule has 0 amide bonds. The summed E-state index contributed by atoms with van der Waals surface area (Å²) in [6.07, 6.45) is 5.61. The SMILES string of the molecule is CCNC(=NCC(OC)c1cccc(Cl)c1)N1CCC(N2CC=CC2)C1. The number of ether oxygens (including phenoxy) is 1. The van der Waals surface area contributed by atoms with Gasteiger partial charge in [0, 0.05) is 50.9 Å². The predicted molar refractivity (Wildman–Crippen MR) is 108 cm³/mol. The minimum absolute atomic E-state index is 0.0939. The molecule has 6 heteroatoms. The molecule has 1 fully saturated rings. The van der Waals surface area contributed by atoms with Crippen LogP contribution in [0.4, 0.5) is 0 Å². The third kappa shape index (κ3) is 4.78. The molecule has 1 saturated heterocycles. The summed E-state index contributed by atoms with van der Waals surface area (Å²) in [5.41, 5.74) is 1.06. The number of guanidine groups is 1. The first-order chi connectivity index (χ1) is 12.7. The van der Waals surface area contributed by atoms with Crippen LogP contribution in [-0.4, -0.2) is 68.2 Å². The van der Waals surface area contributed by atoms with Gasteiger partial charge in [0.25, 0.3) is 0 Å². The number of nitrogens with one attached hydrogen (secondary N) is 1. The Bertz CT molecular complexity index is 640. The zero-order valence-electron chi connectivity index (χ0n) is 15.7. The maximum Gasteiger partial charge on any atom is 0.194 e. The summed E-state index contributed by atoms with van der Waals surface area (Å²) in [7, 11) is 1.72. The van der Waals surface area contributed by atoms with Crippen LogP contribution in [-0.2, 0) is 4.74 Å². The monoisotopic (exact) mass is 376 g/mol. The van der Waals surface area contributed by atoms with Crippen molar-refractivity contribution >= 4 is 17.6 Å². The van der Waals surface area contributed by atoms with E-state index in [1.807, 2.05) is 24.3 Å². The van der Waals surface area contributed by atoms with Crippen molar-refractivity contribution in [3.8, 4) is 0 Å². The Morgan fingerprint density at radius 3 is 2.88 bits per heavy atom. The van der Waals surface area contributed by atoms with Crippen LogP contribution in [0, 0.1) is 0 Å². The van der Waals surface area contributed by atoms with Crippen molar-refractivity contribution in [2.24, 2.45) is 4.99 Å². The summed E-state index contributed by atoms with van der Waals surface area (Å²) in [5, 5.41) is 4.16. The Hall–Kier alpha value is -1.56. The maximum atomic E-state index is 6.12. The molecule has 1 aromatic carbocycles. The molecule has 2 aliphatic rings. The number of benzene rings is 1. The maximum absolute atomic E-state index is 6.12. The first-order valence-electron chi connectivity index (χ1n) is 9.41. The van der Waals surface area contributed by atoms with Gasteiger partial charge < -0.3 is 15.0 Å². The molecule has 2 aliphatic heterocycles. The van der Waals surface area contributed by atoms with Gasteiger partial charge in [-0.2, -0.15) is 0 Å². The van der Waals surface area contributed by atoms with Gasteiger partial charge in [0.05, 0.1) is 6.54 Å². The van der Waals surface area contributed by atoms with E-state index in [1.165, 1.54) is 6.42 Å². The van der Waals surface area contributed by atoms with E-state index in [-0.39, 0.29) is 6.10 Å². The van der Waals surface area contributed by atoms with Crippen molar-refractivity contribution in [2.45, 2.75) is 25.5 Å². The lowest BCUT2D eigenvalue weighted by molar-refractivity contribution is 0.110. The highest BCUT2D eigenvalue weighted by atomic mass is 35.5. The van der Waals surface area contributed by atoms with E-state index >= 15 is 0 Å². The van der Waals surface area contributed by atoms with Crippen LogP contribution in [0.15, 0.2) is 41.4 Å². The summed E-state index contributed by atoms with van der Waals surface area (Å²) >= 11 is 6.12. The number of hydrogen-bond donors (Lipinski definition) is 1. The average Bonchev–Trinajstić information content (AvgIpc) is 3.33. The minimum atomic E-state index is -0.0939. The minimum Gasteiger partial charge on any atom is -0.375 e. The smallest absolute Gasteiger partial charge is 0.194 e. The molecular weight excluding hydrogens is 348 g/mol. The molecule has 0 spiro atoms. The number of halogens is 1. The molecule has 26 heavy (non-hydrogen) atoms. The van der Waals surface area contributed by atoms with E-state index in [4.69, 9.17) is 21.3 Å². The van der Waals surface area contributed by atoms with Crippen LogP contribution in [0.3, 0.4) is 0 Å². The first-order valence-corrected chi connectivity index (χ1v) is 9.79. The third-order valence-electron chi connectivity index (χ3n) is 5.07. The van der Waals surface area contributed by atoms with Crippen molar-refractivity contribution in [2.75, 3.05) is 46.4 Å².